The van der Waals surface area contributed by atoms with E-state index < -0.39 is 0 Å². The van der Waals surface area contributed by atoms with Gasteiger partial charge in [-0.1, -0.05) is 0 Å². The molecule has 0 aliphatic carbocycles. The van der Waals surface area contributed by atoms with Crippen LogP contribution in [-0.2, 0) is 4.79 Å². The molecule has 0 aromatic heterocycles. The minimum atomic E-state index is -0.0939. The number of amides is 1. The molecule has 0 saturated carbocycles. The van der Waals surface area contributed by atoms with Gasteiger partial charge in [0.1, 0.15) is 5.75 Å². The Morgan fingerprint density at radius 1 is 1.57 bits per heavy atom. The van der Waals surface area contributed by atoms with E-state index in [0.29, 0.717) is 17.7 Å². The zero-order chi connectivity index (χ0) is 10.6. The van der Waals surface area contributed by atoms with Gasteiger partial charge in [-0.3, -0.25) is 4.79 Å². The number of hydrazone groups is 1. The van der Waals surface area contributed by atoms with Gasteiger partial charge in [0.15, 0.2) is 5.84 Å². The van der Waals surface area contributed by atoms with Crippen molar-refractivity contribution in [3.63, 3.8) is 0 Å². The maximum Gasteiger partial charge on any atom is 0.211 e. The fourth-order valence-electron chi connectivity index (χ4n) is 0.976. The van der Waals surface area contributed by atoms with Crippen LogP contribution >= 0.6 is 0 Å². The Bertz CT molecular complexity index is 376. The fraction of sp³-hybridized carbons (Fsp3) is 0. The Morgan fingerprint density at radius 2 is 2.29 bits per heavy atom. The maximum atomic E-state index is 10.1. The summed E-state index contributed by atoms with van der Waals surface area (Å²) in [5.74, 6) is 4.88. The summed E-state index contributed by atoms with van der Waals surface area (Å²) >= 11 is 0. The summed E-state index contributed by atoms with van der Waals surface area (Å²) in [6.45, 7) is 0. The van der Waals surface area contributed by atoms with Crippen molar-refractivity contribution in [2.24, 2.45) is 16.7 Å². The third-order valence-corrected chi connectivity index (χ3v) is 1.64. The van der Waals surface area contributed by atoms with E-state index in [1.165, 1.54) is 12.1 Å². The van der Waals surface area contributed by atoms with Crippen molar-refractivity contribution in [3.8, 4) is 5.75 Å². The van der Waals surface area contributed by atoms with Crippen LogP contribution in [0, 0.1) is 0 Å². The molecular weight excluding hydrogens is 184 g/mol. The molecule has 6 heteroatoms. The van der Waals surface area contributed by atoms with E-state index in [9.17, 15) is 9.90 Å². The number of rotatable bonds is 3. The number of nitrogens with two attached hydrogens (primary N) is 2. The lowest BCUT2D eigenvalue weighted by Crippen LogP contribution is -2.15. The van der Waals surface area contributed by atoms with E-state index in [4.69, 9.17) is 11.6 Å². The molecular formula is C8H10N4O2. The first-order valence-corrected chi connectivity index (χ1v) is 3.76. The van der Waals surface area contributed by atoms with Crippen LogP contribution in [0.3, 0.4) is 0 Å². The highest BCUT2D eigenvalue weighted by molar-refractivity contribution is 6.00. The molecule has 6 nitrogen and oxygen atoms in total. The molecule has 14 heavy (non-hydrogen) atoms. The molecule has 0 saturated heterocycles. The monoisotopic (exact) mass is 194 g/mol. The highest BCUT2D eigenvalue weighted by atomic mass is 16.3. The standard InChI is InChI=1S/C8H10N4O2/c9-8(12-10)6-2-1-5(11-4-13)3-7(6)14/h1-4,14H,10H2,(H2,9,12)(H,11,13). The van der Waals surface area contributed by atoms with Crippen LogP contribution in [0.2, 0.25) is 0 Å². The van der Waals surface area contributed by atoms with Gasteiger partial charge in [0, 0.05) is 11.8 Å². The SMILES string of the molecule is N/N=C(\N)c1ccc(NC=O)cc1O. The number of carbonyl (C=O) groups excluding carboxylic acids is 1. The molecule has 0 radical (unpaired) electrons. The number of anilines is 1. The van der Waals surface area contributed by atoms with E-state index in [0.717, 1.165) is 0 Å². The highest BCUT2D eigenvalue weighted by Gasteiger charge is 2.05. The number of phenols is 1. The molecule has 1 rings (SSSR count). The summed E-state index contributed by atoms with van der Waals surface area (Å²) in [5, 5.41) is 15.1. The van der Waals surface area contributed by atoms with Gasteiger partial charge >= 0.3 is 0 Å². The Hall–Kier alpha value is -2.24. The molecule has 1 aromatic carbocycles. The average Bonchev–Trinajstić information content (AvgIpc) is 2.17. The lowest BCUT2D eigenvalue weighted by atomic mass is 10.1. The van der Waals surface area contributed by atoms with Crippen LogP contribution in [0.4, 0.5) is 5.69 Å². The number of aromatic hydroxyl groups is 1. The van der Waals surface area contributed by atoms with Crippen LogP contribution in [-0.4, -0.2) is 17.4 Å². The smallest absolute Gasteiger partial charge is 0.211 e. The van der Waals surface area contributed by atoms with E-state index in [-0.39, 0.29) is 11.6 Å². The quantitative estimate of drug-likeness (QED) is 0.171. The van der Waals surface area contributed by atoms with Gasteiger partial charge in [-0.2, -0.15) is 5.10 Å². The number of amidine groups is 1. The molecule has 0 bridgehead atoms. The van der Waals surface area contributed by atoms with Crippen LogP contribution in [0.1, 0.15) is 5.56 Å². The topological polar surface area (TPSA) is 114 Å². The minimum absolute atomic E-state index is 0.0279. The summed E-state index contributed by atoms with van der Waals surface area (Å²) in [4.78, 5) is 10.1. The van der Waals surface area contributed by atoms with Crippen molar-refractivity contribution in [2.45, 2.75) is 0 Å². The second-order valence-electron chi connectivity index (χ2n) is 2.51. The Morgan fingerprint density at radius 3 is 2.79 bits per heavy atom. The average molecular weight is 194 g/mol. The number of benzene rings is 1. The van der Waals surface area contributed by atoms with Crippen molar-refractivity contribution in [1.82, 2.24) is 0 Å². The number of hydrogen-bond acceptors (Lipinski definition) is 4. The Balaban J connectivity index is 3.07. The second-order valence-corrected chi connectivity index (χ2v) is 2.51. The van der Waals surface area contributed by atoms with Gasteiger partial charge in [-0.05, 0) is 12.1 Å². The van der Waals surface area contributed by atoms with Gasteiger partial charge in [-0.25, -0.2) is 0 Å². The van der Waals surface area contributed by atoms with Crippen LogP contribution in [0.15, 0.2) is 23.3 Å². The van der Waals surface area contributed by atoms with Crippen molar-refractivity contribution in [3.05, 3.63) is 23.8 Å². The summed E-state index contributed by atoms with van der Waals surface area (Å²) in [6.07, 6.45) is 0.509. The Labute approximate surface area is 80.2 Å². The molecule has 0 aliphatic heterocycles. The van der Waals surface area contributed by atoms with Gasteiger partial charge in [0.25, 0.3) is 0 Å². The lowest BCUT2D eigenvalue weighted by Gasteiger charge is -2.04. The maximum absolute atomic E-state index is 10.1. The molecule has 74 valence electrons. The van der Waals surface area contributed by atoms with Crippen LogP contribution in [0.5, 0.6) is 5.75 Å². The normalized spacial score (nSPS) is 11.0. The first kappa shape index (κ1) is 9.85. The third kappa shape index (κ3) is 1.92. The van der Waals surface area contributed by atoms with E-state index >= 15 is 0 Å². The van der Waals surface area contributed by atoms with Gasteiger partial charge in [-0.15, -0.1) is 0 Å². The highest BCUT2D eigenvalue weighted by Crippen LogP contribution is 2.21. The van der Waals surface area contributed by atoms with Crippen molar-refractivity contribution in [1.29, 1.82) is 0 Å². The summed E-state index contributed by atoms with van der Waals surface area (Å²) < 4.78 is 0. The van der Waals surface area contributed by atoms with Crippen molar-refractivity contribution < 1.29 is 9.90 Å². The van der Waals surface area contributed by atoms with Crippen LogP contribution < -0.4 is 16.9 Å². The van der Waals surface area contributed by atoms with Gasteiger partial charge < -0.3 is 22.0 Å². The zero-order valence-electron chi connectivity index (χ0n) is 7.27. The molecule has 0 aliphatic rings. The molecule has 0 atom stereocenters. The first-order valence-electron chi connectivity index (χ1n) is 3.76. The second kappa shape index (κ2) is 4.13. The van der Waals surface area contributed by atoms with Crippen LogP contribution in [0.25, 0.3) is 0 Å². The first-order chi connectivity index (χ1) is 6.69. The van der Waals surface area contributed by atoms with Gasteiger partial charge in [0.2, 0.25) is 6.41 Å². The molecule has 0 spiro atoms. The molecule has 0 fully saturated rings. The predicted molar refractivity (Wildman–Crippen MR) is 52.7 cm³/mol. The molecule has 0 heterocycles. The van der Waals surface area contributed by atoms with Crippen molar-refractivity contribution in [2.75, 3.05) is 5.32 Å². The number of nitrogens with one attached hydrogen (secondary N) is 1. The van der Waals surface area contributed by atoms with E-state index in [1.54, 1.807) is 6.07 Å². The molecule has 0 unspecified atom stereocenters. The molecule has 1 amide bonds. The van der Waals surface area contributed by atoms with Gasteiger partial charge in [0.05, 0.1) is 5.56 Å². The summed E-state index contributed by atoms with van der Waals surface area (Å²) in [5.41, 5.74) is 6.18. The summed E-state index contributed by atoms with van der Waals surface area (Å²) in [7, 11) is 0. The number of nitrogens with zero attached hydrogens (tertiary/aromatic N) is 1. The van der Waals surface area contributed by atoms with E-state index in [1.807, 2.05) is 0 Å². The fourth-order valence-corrected chi connectivity index (χ4v) is 0.976. The lowest BCUT2D eigenvalue weighted by molar-refractivity contribution is -0.105. The van der Waals surface area contributed by atoms with E-state index in [2.05, 4.69) is 10.4 Å². The Kier molecular flexibility index (Phi) is 2.90. The number of carbonyl (C=O) groups is 1. The minimum Gasteiger partial charge on any atom is -0.507 e. The number of hydrogen-bond donors (Lipinski definition) is 4. The van der Waals surface area contributed by atoms with Crippen molar-refractivity contribution >= 4 is 17.9 Å². The zero-order valence-corrected chi connectivity index (χ0v) is 7.27. The molecule has 1 aromatic rings. The number of phenolic OH excluding ortho intramolecular Hbond substituents is 1. The largest absolute Gasteiger partial charge is 0.507 e. The summed E-state index contributed by atoms with van der Waals surface area (Å²) in [6, 6.07) is 4.43. The molecule has 6 N–H and O–H groups in total. The third-order valence-electron chi connectivity index (χ3n) is 1.64. The predicted octanol–water partition coefficient (Wildman–Crippen LogP) is -0.461.